The summed E-state index contributed by atoms with van der Waals surface area (Å²) < 4.78 is 0. The van der Waals surface area contributed by atoms with E-state index in [2.05, 4.69) is 0 Å². The maximum Gasteiger partial charge on any atom is 0.147 e. The SMILES string of the molecule is O=C1[C@H]2C=C[C@@H]1[C@H]1[C@@H]2CC[C@H]1O. The van der Waals surface area contributed by atoms with Gasteiger partial charge in [-0.15, -0.1) is 0 Å². The molecule has 0 unspecified atom stereocenters. The highest BCUT2D eigenvalue weighted by molar-refractivity contribution is 5.92. The van der Waals surface area contributed by atoms with Gasteiger partial charge < -0.3 is 5.11 Å². The van der Waals surface area contributed by atoms with Gasteiger partial charge in [0.05, 0.1) is 6.10 Å². The van der Waals surface area contributed by atoms with Gasteiger partial charge in [0.1, 0.15) is 5.78 Å². The highest BCUT2D eigenvalue weighted by atomic mass is 16.3. The van der Waals surface area contributed by atoms with Crippen molar-refractivity contribution >= 4 is 5.78 Å². The lowest BCUT2D eigenvalue weighted by Gasteiger charge is -2.20. The normalized spacial score (nSPS) is 55.1. The van der Waals surface area contributed by atoms with E-state index < -0.39 is 0 Å². The summed E-state index contributed by atoms with van der Waals surface area (Å²) in [5.41, 5.74) is 0. The molecule has 2 bridgehead atoms. The lowest BCUT2D eigenvalue weighted by atomic mass is 9.85. The highest BCUT2D eigenvalue weighted by Crippen LogP contribution is 2.53. The minimum absolute atomic E-state index is 0.0671. The van der Waals surface area contributed by atoms with E-state index in [9.17, 15) is 9.90 Å². The molecule has 0 aromatic heterocycles. The summed E-state index contributed by atoms with van der Waals surface area (Å²) in [5.74, 6) is 1.34. The fourth-order valence-electron chi connectivity index (χ4n) is 3.28. The zero-order valence-electron chi connectivity index (χ0n) is 6.81. The molecule has 0 aliphatic heterocycles. The summed E-state index contributed by atoms with van der Waals surface area (Å²) in [5, 5.41) is 9.65. The molecule has 0 aromatic carbocycles. The second-order valence-electron chi connectivity index (χ2n) is 4.22. The number of aliphatic hydroxyl groups excluding tert-OH is 1. The van der Waals surface area contributed by atoms with E-state index in [4.69, 9.17) is 0 Å². The third-order valence-corrected chi connectivity index (χ3v) is 3.79. The molecule has 0 radical (unpaired) electrons. The Labute approximate surface area is 71.3 Å². The minimum Gasteiger partial charge on any atom is -0.393 e. The van der Waals surface area contributed by atoms with Crippen molar-refractivity contribution in [2.45, 2.75) is 18.9 Å². The number of carbonyl (C=O) groups excluding carboxylic acids is 1. The van der Waals surface area contributed by atoms with Crippen molar-refractivity contribution in [1.82, 2.24) is 0 Å². The molecule has 3 aliphatic rings. The molecule has 12 heavy (non-hydrogen) atoms. The van der Waals surface area contributed by atoms with Crippen molar-refractivity contribution in [2.75, 3.05) is 0 Å². The maximum absolute atomic E-state index is 11.6. The van der Waals surface area contributed by atoms with Crippen LogP contribution in [0.3, 0.4) is 0 Å². The van der Waals surface area contributed by atoms with Crippen molar-refractivity contribution in [3.05, 3.63) is 12.2 Å². The monoisotopic (exact) mass is 164 g/mol. The number of hydrogen-bond donors (Lipinski definition) is 1. The number of carbonyl (C=O) groups is 1. The minimum atomic E-state index is -0.209. The molecule has 2 saturated carbocycles. The van der Waals surface area contributed by atoms with Gasteiger partial charge in [-0.25, -0.2) is 0 Å². The second-order valence-corrected chi connectivity index (χ2v) is 4.22. The number of ketones is 1. The van der Waals surface area contributed by atoms with Crippen LogP contribution in [0, 0.1) is 23.7 Å². The van der Waals surface area contributed by atoms with Crippen LogP contribution in [0.15, 0.2) is 12.2 Å². The summed E-state index contributed by atoms with van der Waals surface area (Å²) in [6.45, 7) is 0. The van der Waals surface area contributed by atoms with Gasteiger partial charge in [0.25, 0.3) is 0 Å². The summed E-state index contributed by atoms with van der Waals surface area (Å²) in [4.78, 5) is 11.6. The van der Waals surface area contributed by atoms with Crippen LogP contribution in [0.25, 0.3) is 0 Å². The first-order chi connectivity index (χ1) is 5.79. The summed E-state index contributed by atoms with van der Waals surface area (Å²) in [6, 6.07) is 0. The molecular weight excluding hydrogens is 152 g/mol. The molecule has 5 atom stereocenters. The Kier molecular flexibility index (Phi) is 1.14. The topological polar surface area (TPSA) is 37.3 Å². The van der Waals surface area contributed by atoms with Crippen LogP contribution in [-0.2, 0) is 4.79 Å². The van der Waals surface area contributed by atoms with Crippen molar-refractivity contribution in [3.8, 4) is 0 Å². The molecule has 1 N–H and O–H groups in total. The van der Waals surface area contributed by atoms with Crippen LogP contribution in [-0.4, -0.2) is 17.0 Å². The predicted octanol–water partition coefficient (Wildman–Crippen LogP) is 0.758. The first-order valence-corrected chi connectivity index (χ1v) is 4.69. The summed E-state index contributed by atoms with van der Waals surface area (Å²) >= 11 is 0. The first-order valence-electron chi connectivity index (χ1n) is 4.69. The Morgan fingerprint density at radius 1 is 1.25 bits per heavy atom. The van der Waals surface area contributed by atoms with Gasteiger partial charge in [0, 0.05) is 17.8 Å². The average Bonchev–Trinajstić information content (AvgIpc) is 2.66. The largest absolute Gasteiger partial charge is 0.393 e. The van der Waals surface area contributed by atoms with Crippen molar-refractivity contribution in [3.63, 3.8) is 0 Å². The van der Waals surface area contributed by atoms with Crippen LogP contribution in [0.2, 0.25) is 0 Å². The van der Waals surface area contributed by atoms with E-state index in [-0.39, 0.29) is 23.9 Å². The van der Waals surface area contributed by atoms with Gasteiger partial charge >= 0.3 is 0 Å². The Hall–Kier alpha value is -0.630. The Bertz CT molecular complexity index is 269. The number of Topliss-reactive ketones (excluding diaryl/α,β-unsaturated/α-hetero) is 1. The van der Waals surface area contributed by atoms with Crippen molar-refractivity contribution in [1.29, 1.82) is 0 Å². The second kappa shape index (κ2) is 1.99. The molecular formula is C10H12O2. The lowest BCUT2D eigenvalue weighted by Crippen LogP contribution is -2.23. The Balaban J connectivity index is 2.03. The van der Waals surface area contributed by atoms with Crippen molar-refractivity contribution in [2.24, 2.45) is 23.7 Å². The highest BCUT2D eigenvalue weighted by Gasteiger charge is 2.55. The van der Waals surface area contributed by atoms with Gasteiger partial charge in [-0.1, -0.05) is 12.2 Å². The lowest BCUT2D eigenvalue weighted by molar-refractivity contribution is -0.121. The Morgan fingerprint density at radius 2 is 2.00 bits per heavy atom. The maximum atomic E-state index is 11.6. The molecule has 0 saturated heterocycles. The Morgan fingerprint density at radius 3 is 2.75 bits per heavy atom. The molecule has 64 valence electrons. The van der Waals surface area contributed by atoms with Gasteiger partial charge in [0.15, 0.2) is 0 Å². The smallest absolute Gasteiger partial charge is 0.147 e. The number of aliphatic hydroxyl groups is 1. The van der Waals surface area contributed by atoms with E-state index in [1.165, 1.54) is 0 Å². The fraction of sp³-hybridized carbons (Fsp3) is 0.700. The van der Waals surface area contributed by atoms with Crippen LogP contribution in [0.5, 0.6) is 0 Å². The molecule has 3 aliphatic carbocycles. The number of hydrogen-bond acceptors (Lipinski definition) is 2. The third-order valence-electron chi connectivity index (χ3n) is 3.79. The number of rotatable bonds is 0. The quantitative estimate of drug-likeness (QED) is 0.537. The van der Waals surface area contributed by atoms with Gasteiger partial charge in [-0.3, -0.25) is 4.79 Å². The van der Waals surface area contributed by atoms with E-state index in [0.717, 1.165) is 12.8 Å². The van der Waals surface area contributed by atoms with E-state index in [1.54, 1.807) is 0 Å². The van der Waals surface area contributed by atoms with Crippen LogP contribution < -0.4 is 0 Å². The summed E-state index contributed by atoms with van der Waals surface area (Å²) in [7, 11) is 0. The van der Waals surface area contributed by atoms with Gasteiger partial charge in [-0.2, -0.15) is 0 Å². The number of allylic oxidation sites excluding steroid dienone is 2. The zero-order valence-corrected chi connectivity index (χ0v) is 6.81. The molecule has 0 heterocycles. The number of fused-ring (bicyclic) bond motifs is 5. The molecule has 2 heteroatoms. The molecule has 0 aromatic rings. The third kappa shape index (κ3) is 0.589. The van der Waals surface area contributed by atoms with E-state index in [1.807, 2.05) is 12.2 Å². The molecule has 3 rings (SSSR count). The molecule has 0 amide bonds. The fourth-order valence-corrected chi connectivity index (χ4v) is 3.28. The molecule has 0 spiro atoms. The predicted molar refractivity (Wildman–Crippen MR) is 43.3 cm³/mol. The standard InChI is InChI=1S/C10H12O2/c11-8-4-3-5-6-1-2-7(9(5)8)10(6)12/h1-2,5-9,11H,3-4H2/t5-,6+,7-,8-,9-/m1/s1. The molecule has 2 nitrogen and oxygen atoms in total. The van der Waals surface area contributed by atoms with E-state index >= 15 is 0 Å². The molecule has 2 fully saturated rings. The average molecular weight is 164 g/mol. The van der Waals surface area contributed by atoms with E-state index in [0.29, 0.717) is 11.7 Å². The van der Waals surface area contributed by atoms with Crippen LogP contribution >= 0.6 is 0 Å². The van der Waals surface area contributed by atoms with Gasteiger partial charge in [0.2, 0.25) is 0 Å². The van der Waals surface area contributed by atoms with Crippen LogP contribution in [0.1, 0.15) is 12.8 Å². The van der Waals surface area contributed by atoms with Crippen molar-refractivity contribution < 1.29 is 9.90 Å². The van der Waals surface area contributed by atoms with Gasteiger partial charge in [-0.05, 0) is 18.8 Å². The van der Waals surface area contributed by atoms with Crippen LogP contribution in [0.4, 0.5) is 0 Å². The first kappa shape index (κ1) is 6.84. The zero-order chi connectivity index (χ0) is 8.29. The summed E-state index contributed by atoms with van der Waals surface area (Å²) in [6.07, 6.45) is 5.79.